The van der Waals surface area contributed by atoms with Crippen LogP contribution < -0.4 is 15.4 Å². The van der Waals surface area contributed by atoms with E-state index in [1.54, 1.807) is 13.4 Å². The number of halogens is 1. The van der Waals surface area contributed by atoms with Crippen LogP contribution in [0, 0.1) is 6.92 Å². The number of nitrogens with zero attached hydrogens (tertiary/aromatic N) is 4. The summed E-state index contributed by atoms with van der Waals surface area (Å²) in [5, 5.41) is 14.5. The Morgan fingerprint density at radius 3 is 2.74 bits per heavy atom. The average molecular weight is 488 g/mol. The van der Waals surface area contributed by atoms with E-state index in [1.165, 1.54) is 0 Å². The number of nitrogens with one attached hydrogen (secondary N) is 2. The van der Waals surface area contributed by atoms with Crippen molar-refractivity contribution in [2.24, 2.45) is 12.0 Å². The molecule has 0 saturated carbocycles. The summed E-state index contributed by atoms with van der Waals surface area (Å²) in [6.07, 6.45) is 1.68. The Morgan fingerprint density at radius 2 is 2.07 bits per heavy atom. The zero-order valence-electron chi connectivity index (χ0n) is 16.4. The number of methoxy groups -OCH3 is 1. The summed E-state index contributed by atoms with van der Waals surface area (Å²) >= 11 is 0. The van der Waals surface area contributed by atoms with Gasteiger partial charge in [-0.3, -0.25) is 0 Å². The van der Waals surface area contributed by atoms with E-state index >= 15 is 0 Å². The van der Waals surface area contributed by atoms with Crippen LogP contribution in [0.4, 0.5) is 0 Å². The van der Waals surface area contributed by atoms with Crippen molar-refractivity contribution in [3.63, 3.8) is 0 Å². The highest BCUT2D eigenvalue weighted by atomic mass is 127. The summed E-state index contributed by atoms with van der Waals surface area (Å²) in [5.41, 5.74) is 2.18. The molecule has 1 aromatic carbocycles. The van der Waals surface area contributed by atoms with Gasteiger partial charge in [-0.1, -0.05) is 12.1 Å². The Labute approximate surface area is 177 Å². The molecular weight excluding hydrogens is 459 g/mol. The normalized spacial score (nSPS) is 11.0. The van der Waals surface area contributed by atoms with Gasteiger partial charge in [-0.25, -0.2) is 4.99 Å². The van der Waals surface area contributed by atoms with Gasteiger partial charge in [0.05, 0.1) is 19.7 Å². The molecule has 8 nitrogen and oxygen atoms in total. The van der Waals surface area contributed by atoms with Crippen LogP contribution in [0.5, 0.6) is 5.75 Å². The molecule has 2 aromatic rings. The second-order valence-corrected chi connectivity index (χ2v) is 5.86. The van der Waals surface area contributed by atoms with Crippen molar-refractivity contribution in [2.45, 2.75) is 26.9 Å². The Bertz CT molecular complexity index is 720. The highest BCUT2D eigenvalue weighted by molar-refractivity contribution is 14.0. The number of aryl methyl sites for hydroxylation is 2. The molecule has 0 saturated heterocycles. The molecule has 2 rings (SSSR count). The molecule has 0 atom stereocenters. The zero-order chi connectivity index (χ0) is 18.8. The molecule has 27 heavy (non-hydrogen) atoms. The van der Waals surface area contributed by atoms with Gasteiger partial charge in [-0.2, -0.15) is 0 Å². The third kappa shape index (κ3) is 7.71. The molecule has 0 aliphatic rings. The first-order valence-electron chi connectivity index (χ1n) is 8.70. The van der Waals surface area contributed by atoms with E-state index in [2.05, 4.69) is 31.9 Å². The van der Waals surface area contributed by atoms with Gasteiger partial charge in [0, 0.05) is 26.3 Å². The van der Waals surface area contributed by atoms with Gasteiger partial charge in [-0.15, -0.1) is 34.2 Å². The fourth-order valence-corrected chi connectivity index (χ4v) is 2.30. The fourth-order valence-electron chi connectivity index (χ4n) is 2.30. The molecule has 150 valence electrons. The Hall–Kier alpha value is -1.88. The second kappa shape index (κ2) is 12.5. The Morgan fingerprint density at radius 1 is 1.26 bits per heavy atom. The molecule has 0 aliphatic heterocycles. The zero-order valence-corrected chi connectivity index (χ0v) is 18.7. The van der Waals surface area contributed by atoms with E-state index in [1.807, 2.05) is 37.6 Å². The summed E-state index contributed by atoms with van der Waals surface area (Å²) in [4.78, 5) is 4.66. The van der Waals surface area contributed by atoms with E-state index in [-0.39, 0.29) is 24.0 Å². The van der Waals surface area contributed by atoms with E-state index in [0.29, 0.717) is 26.3 Å². The van der Waals surface area contributed by atoms with Gasteiger partial charge in [0.25, 0.3) is 0 Å². The van der Waals surface area contributed by atoms with E-state index in [0.717, 1.165) is 35.2 Å². The minimum absolute atomic E-state index is 0. The van der Waals surface area contributed by atoms with Gasteiger partial charge in [-0.05, 0) is 25.5 Å². The first-order valence-corrected chi connectivity index (χ1v) is 8.70. The van der Waals surface area contributed by atoms with Crippen LogP contribution in [0.1, 0.15) is 23.9 Å². The molecule has 0 radical (unpaired) electrons. The second-order valence-electron chi connectivity index (χ2n) is 5.86. The number of hydrogen-bond donors (Lipinski definition) is 2. The van der Waals surface area contributed by atoms with Gasteiger partial charge < -0.3 is 24.7 Å². The predicted molar refractivity (Wildman–Crippen MR) is 117 cm³/mol. The summed E-state index contributed by atoms with van der Waals surface area (Å²) < 4.78 is 12.8. The van der Waals surface area contributed by atoms with E-state index < -0.39 is 0 Å². The smallest absolute Gasteiger partial charge is 0.191 e. The highest BCUT2D eigenvalue weighted by Crippen LogP contribution is 2.21. The minimum Gasteiger partial charge on any atom is -0.491 e. The van der Waals surface area contributed by atoms with Crippen LogP contribution in [-0.4, -0.2) is 47.6 Å². The summed E-state index contributed by atoms with van der Waals surface area (Å²) in [7, 11) is 3.58. The maximum atomic E-state index is 5.83. The van der Waals surface area contributed by atoms with E-state index in [4.69, 9.17) is 9.47 Å². The Kier molecular flexibility index (Phi) is 10.7. The molecule has 1 aromatic heterocycles. The van der Waals surface area contributed by atoms with Crippen molar-refractivity contribution in [1.82, 2.24) is 25.4 Å². The number of ether oxygens (including phenoxy) is 2. The van der Waals surface area contributed by atoms with Crippen LogP contribution in [0.25, 0.3) is 0 Å². The maximum absolute atomic E-state index is 5.83. The van der Waals surface area contributed by atoms with Crippen LogP contribution >= 0.6 is 24.0 Å². The number of aromatic nitrogens is 3. The topological polar surface area (TPSA) is 85.6 Å². The SMILES string of the molecule is CCNC(=NCc1ccc(C)cc1OCCOC)NCc1nncn1C.I. The fraction of sp³-hybridized carbons (Fsp3) is 0.500. The maximum Gasteiger partial charge on any atom is 0.191 e. The van der Waals surface area contributed by atoms with Crippen LogP contribution in [0.2, 0.25) is 0 Å². The van der Waals surface area contributed by atoms with Gasteiger partial charge >= 0.3 is 0 Å². The number of benzene rings is 1. The summed E-state index contributed by atoms with van der Waals surface area (Å²) in [6, 6.07) is 6.14. The van der Waals surface area contributed by atoms with Crippen molar-refractivity contribution in [3.05, 3.63) is 41.5 Å². The third-order valence-corrected chi connectivity index (χ3v) is 3.74. The van der Waals surface area contributed by atoms with Gasteiger partial charge in [0.15, 0.2) is 11.8 Å². The van der Waals surface area contributed by atoms with Gasteiger partial charge in [0.2, 0.25) is 0 Å². The van der Waals surface area contributed by atoms with Crippen molar-refractivity contribution >= 4 is 29.9 Å². The molecule has 1 heterocycles. The first-order chi connectivity index (χ1) is 12.6. The minimum atomic E-state index is 0. The Balaban J connectivity index is 0.00000364. The molecule has 0 aliphatic carbocycles. The van der Waals surface area contributed by atoms with Crippen molar-refractivity contribution in [1.29, 1.82) is 0 Å². The third-order valence-electron chi connectivity index (χ3n) is 3.74. The standard InChI is InChI=1S/C18H28N6O2.HI/c1-5-19-18(21-12-17-23-22-13-24(17)3)20-11-15-7-6-14(2)10-16(15)26-9-8-25-4;/h6-7,10,13H,5,8-9,11-12H2,1-4H3,(H2,19,20,21);1H. The van der Waals surface area contributed by atoms with Gasteiger partial charge in [0.1, 0.15) is 18.7 Å². The molecule has 0 amide bonds. The van der Waals surface area contributed by atoms with Crippen LogP contribution in [0.3, 0.4) is 0 Å². The summed E-state index contributed by atoms with van der Waals surface area (Å²) in [6.45, 7) is 6.98. The molecular formula is C18H29IN6O2. The molecule has 2 N–H and O–H groups in total. The average Bonchev–Trinajstić information content (AvgIpc) is 3.04. The quantitative estimate of drug-likeness (QED) is 0.243. The largest absolute Gasteiger partial charge is 0.491 e. The lowest BCUT2D eigenvalue weighted by molar-refractivity contribution is 0.145. The predicted octanol–water partition coefficient (Wildman–Crippen LogP) is 2.02. The number of aliphatic imine (C=N–C) groups is 1. The van der Waals surface area contributed by atoms with E-state index in [9.17, 15) is 0 Å². The molecule has 0 bridgehead atoms. The lowest BCUT2D eigenvalue weighted by Crippen LogP contribution is -2.37. The number of rotatable bonds is 9. The molecule has 9 heteroatoms. The van der Waals surface area contributed by atoms with Crippen molar-refractivity contribution < 1.29 is 9.47 Å². The van der Waals surface area contributed by atoms with Crippen LogP contribution in [0.15, 0.2) is 29.5 Å². The van der Waals surface area contributed by atoms with Crippen molar-refractivity contribution in [3.8, 4) is 5.75 Å². The van der Waals surface area contributed by atoms with Crippen molar-refractivity contribution in [2.75, 3.05) is 26.9 Å². The highest BCUT2D eigenvalue weighted by Gasteiger charge is 2.06. The lowest BCUT2D eigenvalue weighted by Gasteiger charge is -2.13. The molecule has 0 unspecified atom stereocenters. The number of guanidine groups is 1. The monoisotopic (exact) mass is 488 g/mol. The lowest BCUT2D eigenvalue weighted by atomic mass is 10.1. The van der Waals surface area contributed by atoms with Crippen LogP contribution in [-0.2, 0) is 24.9 Å². The summed E-state index contributed by atoms with van der Waals surface area (Å²) in [5.74, 6) is 2.41. The first kappa shape index (κ1) is 23.2. The number of hydrogen-bond acceptors (Lipinski definition) is 5. The molecule has 0 spiro atoms. The molecule has 0 fully saturated rings.